The highest BCUT2D eigenvalue weighted by molar-refractivity contribution is 5.85. The number of rotatable bonds is 6. The number of furan rings is 1. The van der Waals surface area contributed by atoms with Crippen LogP contribution in [0, 0.1) is 6.92 Å². The van der Waals surface area contributed by atoms with Gasteiger partial charge in [0, 0.05) is 17.1 Å². The van der Waals surface area contributed by atoms with Gasteiger partial charge in [-0.05, 0) is 58.7 Å². The number of nitrogens with zero attached hydrogens (tertiary/aromatic N) is 1. The van der Waals surface area contributed by atoms with Crippen molar-refractivity contribution in [1.82, 2.24) is 5.43 Å². The zero-order chi connectivity index (χ0) is 24.6. The maximum Gasteiger partial charge on any atom is 0.205 e. The van der Waals surface area contributed by atoms with Crippen molar-refractivity contribution in [1.29, 1.82) is 0 Å². The molecule has 1 aromatic heterocycles. The minimum atomic E-state index is 0.0386. The van der Waals surface area contributed by atoms with E-state index in [9.17, 15) is 0 Å². The average Bonchev–Trinajstić information content (AvgIpc) is 3.15. The molecule has 0 atom stereocenters. The number of benzene rings is 2. The van der Waals surface area contributed by atoms with Crippen LogP contribution in [-0.4, -0.2) is 0 Å². The molecule has 0 saturated heterocycles. The second-order valence-electron chi connectivity index (χ2n) is 10.6. The van der Waals surface area contributed by atoms with Crippen LogP contribution in [0.3, 0.4) is 0 Å². The molecule has 1 heterocycles. The van der Waals surface area contributed by atoms with Crippen molar-refractivity contribution in [2.45, 2.75) is 59.3 Å². The number of fused-ring (bicyclic) bond motifs is 1. The highest BCUT2D eigenvalue weighted by Gasteiger charge is 2.22. The van der Waals surface area contributed by atoms with Crippen LogP contribution in [0.5, 0.6) is 0 Å². The van der Waals surface area contributed by atoms with Gasteiger partial charge in [-0.25, -0.2) is 0 Å². The number of nitrogens with two attached hydrogens (primary N) is 1. The SMILES string of the molecule is C=C/C(=C\C(=C)NN)N(c1cc2ccc(C(C)(C)C)cc2o1)c1ccc(C(C)(C)C)cc1C. The summed E-state index contributed by atoms with van der Waals surface area (Å²) in [7, 11) is 0. The molecular formula is C29H37N3O. The lowest BCUT2D eigenvalue weighted by Crippen LogP contribution is -2.22. The Balaban J connectivity index is 2.23. The molecule has 3 aromatic rings. The number of anilines is 2. The number of nitrogens with one attached hydrogen (secondary N) is 1. The summed E-state index contributed by atoms with van der Waals surface area (Å²) in [6, 6.07) is 15.0. The molecule has 0 radical (unpaired) electrons. The number of allylic oxidation sites excluding steroid dienone is 2. The Bertz CT molecular complexity index is 1220. The van der Waals surface area contributed by atoms with E-state index < -0.39 is 0 Å². The first kappa shape index (κ1) is 24.4. The molecular weight excluding hydrogens is 406 g/mol. The maximum atomic E-state index is 6.43. The third-order valence-corrected chi connectivity index (χ3v) is 5.87. The van der Waals surface area contributed by atoms with Gasteiger partial charge in [0.2, 0.25) is 5.88 Å². The minimum Gasteiger partial charge on any atom is -0.440 e. The molecule has 174 valence electrons. The molecule has 4 heteroatoms. The van der Waals surface area contributed by atoms with Gasteiger partial charge in [-0.3, -0.25) is 10.7 Å². The molecule has 0 amide bonds. The summed E-state index contributed by atoms with van der Waals surface area (Å²) < 4.78 is 6.43. The van der Waals surface area contributed by atoms with Gasteiger partial charge < -0.3 is 9.84 Å². The van der Waals surface area contributed by atoms with E-state index in [0.29, 0.717) is 11.6 Å². The first-order chi connectivity index (χ1) is 15.3. The van der Waals surface area contributed by atoms with Gasteiger partial charge in [0.1, 0.15) is 5.58 Å². The maximum absolute atomic E-state index is 6.43. The quantitative estimate of drug-likeness (QED) is 0.235. The molecule has 3 rings (SSSR count). The predicted molar refractivity (Wildman–Crippen MR) is 142 cm³/mol. The molecule has 4 nitrogen and oxygen atoms in total. The van der Waals surface area contributed by atoms with Crippen molar-refractivity contribution < 1.29 is 4.42 Å². The Morgan fingerprint density at radius 2 is 1.58 bits per heavy atom. The summed E-state index contributed by atoms with van der Waals surface area (Å²) in [5.74, 6) is 6.31. The monoisotopic (exact) mass is 443 g/mol. The van der Waals surface area contributed by atoms with Crippen LogP contribution in [0.25, 0.3) is 11.0 Å². The van der Waals surface area contributed by atoms with E-state index in [1.807, 2.05) is 6.08 Å². The largest absolute Gasteiger partial charge is 0.440 e. The molecule has 0 spiro atoms. The van der Waals surface area contributed by atoms with Crippen LogP contribution in [0.1, 0.15) is 58.2 Å². The Morgan fingerprint density at radius 1 is 0.970 bits per heavy atom. The lowest BCUT2D eigenvalue weighted by Gasteiger charge is -2.27. The molecule has 0 aliphatic carbocycles. The van der Waals surface area contributed by atoms with Crippen LogP contribution in [0.2, 0.25) is 0 Å². The number of aryl methyl sites for hydroxylation is 1. The summed E-state index contributed by atoms with van der Waals surface area (Å²) >= 11 is 0. The van der Waals surface area contributed by atoms with Gasteiger partial charge in [0.15, 0.2) is 0 Å². The second-order valence-corrected chi connectivity index (χ2v) is 10.6. The fraction of sp³-hybridized carbons (Fsp3) is 0.310. The topological polar surface area (TPSA) is 54.4 Å². The summed E-state index contributed by atoms with van der Waals surface area (Å²) in [5.41, 5.74) is 9.59. The van der Waals surface area contributed by atoms with Crippen molar-refractivity contribution in [3.63, 3.8) is 0 Å². The first-order valence-corrected chi connectivity index (χ1v) is 11.3. The van der Waals surface area contributed by atoms with Crippen molar-refractivity contribution in [3.8, 4) is 0 Å². The van der Waals surface area contributed by atoms with E-state index in [1.165, 1.54) is 11.1 Å². The van der Waals surface area contributed by atoms with E-state index in [4.69, 9.17) is 10.3 Å². The molecule has 33 heavy (non-hydrogen) atoms. The first-order valence-electron chi connectivity index (χ1n) is 11.3. The Labute approximate surface area is 198 Å². The summed E-state index contributed by atoms with van der Waals surface area (Å²) in [5, 5.41) is 1.05. The normalized spacial score (nSPS) is 12.7. The van der Waals surface area contributed by atoms with Gasteiger partial charge in [-0.2, -0.15) is 0 Å². The zero-order valence-corrected chi connectivity index (χ0v) is 21.0. The lowest BCUT2D eigenvalue weighted by atomic mass is 9.86. The van der Waals surface area contributed by atoms with E-state index in [-0.39, 0.29) is 10.8 Å². The third-order valence-electron chi connectivity index (χ3n) is 5.87. The minimum absolute atomic E-state index is 0.0386. The van der Waals surface area contributed by atoms with Gasteiger partial charge in [-0.1, -0.05) is 79.0 Å². The molecule has 0 fully saturated rings. The number of hydrazine groups is 1. The Morgan fingerprint density at radius 3 is 2.12 bits per heavy atom. The molecule has 0 aliphatic rings. The fourth-order valence-corrected chi connectivity index (χ4v) is 3.79. The standard InChI is InChI=1S/C29H37N3O/c1-10-24(16-20(3)31-30)32(25-14-13-22(15-19(25)2)28(4,5)6)27-17-21-11-12-23(29(7,8)9)18-26(21)33-27/h10-18,31H,1,3,30H2,2,4-9H3/b24-16+. The predicted octanol–water partition coefficient (Wildman–Crippen LogP) is 7.52. The van der Waals surface area contributed by atoms with Gasteiger partial charge >= 0.3 is 0 Å². The van der Waals surface area contributed by atoms with Gasteiger partial charge in [0.05, 0.1) is 11.4 Å². The summed E-state index contributed by atoms with van der Waals surface area (Å²) in [6.45, 7) is 23.4. The van der Waals surface area contributed by atoms with Crippen LogP contribution >= 0.6 is 0 Å². The van der Waals surface area contributed by atoms with Gasteiger partial charge in [0.25, 0.3) is 0 Å². The van der Waals surface area contributed by atoms with Crippen molar-refractivity contribution in [2.75, 3.05) is 4.90 Å². The van der Waals surface area contributed by atoms with E-state index in [0.717, 1.165) is 27.9 Å². The van der Waals surface area contributed by atoms with Crippen LogP contribution < -0.4 is 16.2 Å². The molecule has 0 saturated carbocycles. The van der Waals surface area contributed by atoms with Crippen LogP contribution in [0.15, 0.2) is 83.6 Å². The van der Waals surface area contributed by atoms with Crippen molar-refractivity contribution in [2.24, 2.45) is 5.84 Å². The summed E-state index contributed by atoms with van der Waals surface area (Å²) in [4.78, 5) is 2.06. The summed E-state index contributed by atoms with van der Waals surface area (Å²) in [6.07, 6.45) is 3.64. The highest BCUT2D eigenvalue weighted by Crippen LogP contribution is 2.39. The second kappa shape index (κ2) is 8.95. The van der Waals surface area contributed by atoms with E-state index >= 15 is 0 Å². The lowest BCUT2D eigenvalue weighted by molar-refractivity contribution is 0.583. The molecule has 0 unspecified atom stereocenters. The Hall–Kier alpha value is -3.24. The molecule has 0 bridgehead atoms. The number of hydrogen-bond donors (Lipinski definition) is 2. The van der Waals surface area contributed by atoms with E-state index in [2.05, 4.69) is 114 Å². The third kappa shape index (κ3) is 5.23. The van der Waals surface area contributed by atoms with Crippen molar-refractivity contribution in [3.05, 3.63) is 95.9 Å². The number of hydrogen-bond acceptors (Lipinski definition) is 4. The fourth-order valence-electron chi connectivity index (χ4n) is 3.79. The zero-order valence-electron chi connectivity index (χ0n) is 21.0. The highest BCUT2D eigenvalue weighted by atomic mass is 16.4. The van der Waals surface area contributed by atoms with Gasteiger partial charge in [-0.15, -0.1) is 0 Å². The Kier molecular flexibility index (Phi) is 6.62. The molecule has 2 aromatic carbocycles. The van der Waals surface area contributed by atoms with E-state index in [1.54, 1.807) is 6.08 Å². The van der Waals surface area contributed by atoms with Crippen LogP contribution in [0.4, 0.5) is 11.6 Å². The van der Waals surface area contributed by atoms with Crippen LogP contribution in [-0.2, 0) is 10.8 Å². The molecule has 0 aliphatic heterocycles. The van der Waals surface area contributed by atoms with Crippen molar-refractivity contribution >= 4 is 22.5 Å². The average molecular weight is 444 g/mol. The smallest absolute Gasteiger partial charge is 0.205 e. The molecule has 3 N–H and O–H groups in total.